The van der Waals surface area contributed by atoms with E-state index in [1.807, 2.05) is 18.3 Å². The third-order valence-electron chi connectivity index (χ3n) is 8.09. The lowest BCUT2D eigenvalue weighted by Crippen LogP contribution is -2.14. The van der Waals surface area contributed by atoms with Crippen LogP contribution in [0.3, 0.4) is 0 Å². The van der Waals surface area contributed by atoms with Crippen LogP contribution >= 0.6 is 0 Å². The van der Waals surface area contributed by atoms with Gasteiger partial charge in [0.15, 0.2) is 0 Å². The van der Waals surface area contributed by atoms with E-state index in [0.29, 0.717) is 0 Å². The summed E-state index contributed by atoms with van der Waals surface area (Å²) in [5.41, 5.74) is 14.6. The number of rotatable bonds is 4. The number of aromatic nitrogens is 1. The van der Waals surface area contributed by atoms with Gasteiger partial charge in [-0.15, -0.1) is 0 Å². The van der Waals surface area contributed by atoms with Crippen LogP contribution in [0.2, 0.25) is 0 Å². The van der Waals surface area contributed by atoms with Gasteiger partial charge in [-0.05, 0) is 97.3 Å². The number of allylic oxidation sites excluding steroid dienone is 2. The highest BCUT2D eigenvalue weighted by Crippen LogP contribution is 2.49. The summed E-state index contributed by atoms with van der Waals surface area (Å²) in [6, 6.07) is 41.9. The molecule has 2 aliphatic rings. The molecule has 0 radical (unpaired) electrons. The fourth-order valence-electron chi connectivity index (χ4n) is 6.19. The Hall–Kier alpha value is -5.21. The van der Waals surface area contributed by atoms with Crippen molar-refractivity contribution in [3.8, 4) is 55.8 Å². The Morgan fingerprint density at radius 2 is 1.23 bits per heavy atom. The topological polar surface area (TPSA) is 24.9 Å². The molecule has 0 atom stereocenters. The Labute approximate surface area is 234 Å². The van der Waals surface area contributed by atoms with Crippen molar-refractivity contribution < 1.29 is 0 Å². The van der Waals surface area contributed by atoms with E-state index in [1.165, 1.54) is 60.8 Å². The average Bonchev–Trinajstić information content (AvgIpc) is 3.37. The summed E-state index contributed by atoms with van der Waals surface area (Å²) >= 11 is 0. The quantitative estimate of drug-likeness (QED) is 0.255. The van der Waals surface area contributed by atoms with Gasteiger partial charge in [-0.25, -0.2) is 0 Å². The molecule has 40 heavy (non-hydrogen) atoms. The molecule has 0 saturated carbocycles. The lowest BCUT2D eigenvalue weighted by atomic mass is 9.92. The molecular weight excluding hydrogens is 484 g/mol. The highest BCUT2D eigenvalue weighted by Gasteiger charge is 2.22. The number of pyridine rings is 1. The van der Waals surface area contributed by atoms with E-state index in [4.69, 9.17) is 0 Å². The molecule has 0 amide bonds. The Morgan fingerprint density at radius 3 is 2.00 bits per heavy atom. The largest absolute Gasteiger partial charge is 0.381 e. The van der Waals surface area contributed by atoms with E-state index in [9.17, 15) is 0 Å². The molecule has 2 heterocycles. The van der Waals surface area contributed by atoms with Gasteiger partial charge in [0.05, 0.1) is 5.69 Å². The van der Waals surface area contributed by atoms with Crippen molar-refractivity contribution >= 4 is 16.5 Å². The molecule has 0 spiro atoms. The van der Waals surface area contributed by atoms with E-state index in [-0.39, 0.29) is 0 Å². The van der Waals surface area contributed by atoms with Gasteiger partial charge in [-0.2, -0.15) is 0 Å². The van der Waals surface area contributed by atoms with Crippen LogP contribution in [0.4, 0.5) is 0 Å². The molecule has 0 unspecified atom stereocenters. The van der Waals surface area contributed by atoms with Crippen LogP contribution in [-0.4, -0.2) is 11.5 Å². The third-order valence-corrected chi connectivity index (χ3v) is 8.09. The van der Waals surface area contributed by atoms with Crippen molar-refractivity contribution in [2.24, 2.45) is 0 Å². The van der Waals surface area contributed by atoms with E-state index < -0.39 is 0 Å². The Bertz CT molecular complexity index is 1950. The lowest BCUT2D eigenvalue weighted by molar-refractivity contribution is 0.996. The van der Waals surface area contributed by atoms with Crippen molar-refractivity contribution in [2.45, 2.75) is 0 Å². The normalized spacial score (nSPS) is 13.2. The zero-order valence-electron chi connectivity index (χ0n) is 21.9. The summed E-state index contributed by atoms with van der Waals surface area (Å²) in [4.78, 5) is 4.63. The Morgan fingerprint density at radius 1 is 0.525 bits per heavy atom. The number of benzene rings is 5. The van der Waals surface area contributed by atoms with Gasteiger partial charge < -0.3 is 5.32 Å². The predicted molar refractivity (Wildman–Crippen MR) is 168 cm³/mol. The minimum Gasteiger partial charge on any atom is -0.381 e. The SMILES string of the molecule is C1=CCNC(c2cc(-c3ccc(-c4ccc5c6c(cccc46)-c4ccccc4-5)cc3)cc(-c3ccccn3)c2)=C1. The average molecular weight is 511 g/mol. The van der Waals surface area contributed by atoms with E-state index in [2.05, 4.69) is 132 Å². The van der Waals surface area contributed by atoms with Crippen LogP contribution < -0.4 is 5.32 Å². The molecule has 1 N–H and O–H groups in total. The molecule has 188 valence electrons. The molecular formula is C38H26N2. The standard InChI is InChI=1S/C38H26N2/c1-2-9-32-31(8-1)34-11-7-10-33-30(18-19-35(32)38(33)34)26-16-14-25(15-17-26)27-22-28(36-12-3-5-20-39-36)24-29(23-27)37-13-4-6-21-40-37/h1-20,22-24,40H,21H2. The van der Waals surface area contributed by atoms with Crippen molar-refractivity contribution in [1.29, 1.82) is 0 Å². The number of dihydropyridines is 1. The molecule has 0 bridgehead atoms. The van der Waals surface area contributed by atoms with Gasteiger partial charge in [0, 0.05) is 24.0 Å². The molecule has 1 aromatic heterocycles. The fraction of sp³-hybridized carbons (Fsp3) is 0.0263. The first-order valence-corrected chi connectivity index (χ1v) is 13.8. The molecule has 6 aromatic rings. The summed E-state index contributed by atoms with van der Waals surface area (Å²) in [7, 11) is 0. The second-order valence-electron chi connectivity index (χ2n) is 10.4. The maximum atomic E-state index is 4.63. The summed E-state index contributed by atoms with van der Waals surface area (Å²) < 4.78 is 0. The van der Waals surface area contributed by atoms with Crippen LogP contribution in [0.5, 0.6) is 0 Å². The number of nitrogens with zero attached hydrogens (tertiary/aromatic N) is 1. The van der Waals surface area contributed by atoms with Gasteiger partial charge in [-0.3, -0.25) is 4.98 Å². The summed E-state index contributed by atoms with van der Waals surface area (Å²) in [6.45, 7) is 0.837. The first kappa shape index (κ1) is 22.7. The molecule has 1 aliphatic heterocycles. The van der Waals surface area contributed by atoms with E-state index >= 15 is 0 Å². The maximum Gasteiger partial charge on any atom is 0.0702 e. The molecule has 5 aromatic carbocycles. The van der Waals surface area contributed by atoms with Crippen LogP contribution in [0.15, 0.2) is 140 Å². The maximum absolute atomic E-state index is 4.63. The predicted octanol–water partition coefficient (Wildman–Crippen LogP) is 9.38. The van der Waals surface area contributed by atoms with Crippen LogP contribution in [0.25, 0.3) is 72.2 Å². The van der Waals surface area contributed by atoms with Crippen molar-refractivity contribution in [3.63, 3.8) is 0 Å². The van der Waals surface area contributed by atoms with E-state index in [0.717, 1.165) is 23.5 Å². The number of hydrogen-bond acceptors (Lipinski definition) is 2. The molecule has 2 heteroatoms. The minimum absolute atomic E-state index is 0.837. The molecule has 0 fully saturated rings. The minimum atomic E-state index is 0.837. The smallest absolute Gasteiger partial charge is 0.0702 e. The zero-order valence-corrected chi connectivity index (χ0v) is 21.9. The Balaban J connectivity index is 1.22. The van der Waals surface area contributed by atoms with E-state index in [1.54, 1.807) is 0 Å². The van der Waals surface area contributed by atoms with Gasteiger partial charge in [0.25, 0.3) is 0 Å². The third kappa shape index (κ3) is 3.69. The molecule has 8 rings (SSSR count). The van der Waals surface area contributed by atoms with Gasteiger partial charge in [0.1, 0.15) is 0 Å². The molecule has 0 saturated heterocycles. The van der Waals surface area contributed by atoms with Crippen molar-refractivity contribution in [2.75, 3.05) is 6.54 Å². The zero-order chi connectivity index (χ0) is 26.5. The summed E-state index contributed by atoms with van der Waals surface area (Å²) in [6.07, 6.45) is 8.24. The van der Waals surface area contributed by atoms with Crippen LogP contribution in [-0.2, 0) is 0 Å². The number of hydrogen-bond donors (Lipinski definition) is 1. The van der Waals surface area contributed by atoms with Crippen molar-refractivity contribution in [1.82, 2.24) is 10.3 Å². The lowest BCUT2D eigenvalue weighted by Gasteiger charge is -2.16. The summed E-state index contributed by atoms with van der Waals surface area (Å²) in [5.74, 6) is 0. The Kier molecular flexibility index (Phi) is 5.24. The van der Waals surface area contributed by atoms with Gasteiger partial charge in [-0.1, -0.05) is 97.1 Å². The number of fused-ring (bicyclic) bond motifs is 3. The van der Waals surface area contributed by atoms with Gasteiger partial charge in [0.2, 0.25) is 0 Å². The highest BCUT2D eigenvalue weighted by molar-refractivity contribution is 6.18. The molecule has 1 aliphatic carbocycles. The second kappa shape index (κ2) is 9.21. The monoisotopic (exact) mass is 510 g/mol. The first-order chi connectivity index (χ1) is 19.8. The first-order valence-electron chi connectivity index (χ1n) is 13.8. The van der Waals surface area contributed by atoms with Crippen molar-refractivity contribution in [3.05, 3.63) is 145 Å². The number of nitrogens with one attached hydrogen (secondary N) is 1. The second-order valence-corrected chi connectivity index (χ2v) is 10.4. The van der Waals surface area contributed by atoms with Gasteiger partial charge >= 0.3 is 0 Å². The van der Waals surface area contributed by atoms with Crippen LogP contribution in [0, 0.1) is 0 Å². The molecule has 2 nitrogen and oxygen atoms in total. The fourth-order valence-corrected chi connectivity index (χ4v) is 6.19. The summed E-state index contributed by atoms with van der Waals surface area (Å²) in [5, 5.41) is 6.18. The van der Waals surface area contributed by atoms with Crippen LogP contribution in [0.1, 0.15) is 5.56 Å². The highest BCUT2D eigenvalue weighted by atomic mass is 14.9.